The summed E-state index contributed by atoms with van der Waals surface area (Å²) in [5.74, 6) is 0.910. The highest BCUT2D eigenvalue weighted by atomic mass is 19.1. The number of aryl methyl sites for hydroxylation is 1. The van der Waals surface area contributed by atoms with Crippen molar-refractivity contribution in [3.05, 3.63) is 83.3 Å². The Morgan fingerprint density at radius 2 is 2.03 bits per heavy atom. The van der Waals surface area contributed by atoms with E-state index in [0.717, 1.165) is 34.5 Å². The first-order chi connectivity index (χ1) is 17.0. The molecule has 1 amide bonds. The Bertz CT molecular complexity index is 1510. The standard InChI is InChI=1S/C27H23FN6O/c1-14-8-16(4-7-24(14)34-12-23(30-13-34)15-2-3-15)25-29-11-21(28)26(33-25)31-17-5-6-18-19(9-17)20-10-22(20)32-27(18)35/h4-9,11-13,15,20,22H,2-3,10H2,1H3,(H,32,35)(H,29,31,33). The van der Waals surface area contributed by atoms with Crippen molar-refractivity contribution in [2.45, 2.75) is 44.1 Å². The first kappa shape index (κ1) is 20.3. The number of halogens is 1. The monoisotopic (exact) mass is 466 g/mol. The van der Waals surface area contributed by atoms with E-state index in [-0.39, 0.29) is 17.8 Å². The molecule has 2 aliphatic carbocycles. The van der Waals surface area contributed by atoms with Gasteiger partial charge in [-0.2, -0.15) is 0 Å². The number of nitrogens with one attached hydrogen (secondary N) is 2. The average Bonchev–Trinajstić information content (AvgIpc) is 3.79. The number of carbonyl (C=O) groups excluding carboxylic acids is 1. The maximum atomic E-state index is 14.6. The van der Waals surface area contributed by atoms with Crippen LogP contribution in [0.2, 0.25) is 0 Å². The summed E-state index contributed by atoms with van der Waals surface area (Å²) in [6, 6.07) is 11.7. The van der Waals surface area contributed by atoms with Crippen molar-refractivity contribution in [2.75, 3.05) is 5.32 Å². The molecular weight excluding hydrogens is 443 g/mol. The molecule has 0 bridgehead atoms. The zero-order chi connectivity index (χ0) is 23.7. The molecule has 4 aromatic rings. The summed E-state index contributed by atoms with van der Waals surface area (Å²) in [6.45, 7) is 2.03. The highest BCUT2D eigenvalue weighted by Crippen LogP contribution is 2.46. The van der Waals surface area contributed by atoms with Gasteiger partial charge in [-0.15, -0.1) is 0 Å². The van der Waals surface area contributed by atoms with Crippen LogP contribution >= 0.6 is 0 Å². The lowest BCUT2D eigenvalue weighted by Crippen LogP contribution is -2.31. The molecular formula is C27H23FN6O. The summed E-state index contributed by atoms with van der Waals surface area (Å²) in [5.41, 5.74) is 6.45. The van der Waals surface area contributed by atoms with Crippen LogP contribution in [0.1, 0.15) is 58.3 Å². The van der Waals surface area contributed by atoms with Crippen molar-refractivity contribution in [3.63, 3.8) is 0 Å². The predicted molar refractivity (Wildman–Crippen MR) is 130 cm³/mol. The topological polar surface area (TPSA) is 84.7 Å². The number of benzene rings is 2. The van der Waals surface area contributed by atoms with Crippen LogP contribution in [0.3, 0.4) is 0 Å². The molecule has 7 rings (SSSR count). The lowest BCUT2D eigenvalue weighted by Gasteiger charge is -2.17. The van der Waals surface area contributed by atoms with Gasteiger partial charge in [-0.25, -0.2) is 19.3 Å². The second-order valence-corrected chi connectivity index (χ2v) is 9.72. The first-order valence-electron chi connectivity index (χ1n) is 11.9. The third-order valence-corrected chi connectivity index (χ3v) is 7.14. The summed E-state index contributed by atoms with van der Waals surface area (Å²) < 4.78 is 16.7. The molecule has 8 heteroatoms. The van der Waals surface area contributed by atoms with Gasteiger partial charge in [0.1, 0.15) is 0 Å². The summed E-state index contributed by atoms with van der Waals surface area (Å²) in [4.78, 5) is 25.5. The minimum atomic E-state index is -0.534. The van der Waals surface area contributed by atoms with Crippen molar-refractivity contribution in [1.82, 2.24) is 24.8 Å². The van der Waals surface area contributed by atoms with E-state index in [1.807, 2.05) is 42.1 Å². The van der Waals surface area contributed by atoms with Crippen LogP contribution < -0.4 is 10.6 Å². The van der Waals surface area contributed by atoms with E-state index in [4.69, 9.17) is 0 Å². The fourth-order valence-electron chi connectivity index (χ4n) is 4.97. The zero-order valence-electron chi connectivity index (χ0n) is 19.1. The molecule has 0 spiro atoms. The second-order valence-electron chi connectivity index (χ2n) is 9.72. The molecule has 35 heavy (non-hydrogen) atoms. The van der Waals surface area contributed by atoms with E-state index in [1.165, 1.54) is 19.0 Å². The van der Waals surface area contributed by atoms with E-state index in [2.05, 4.69) is 31.8 Å². The van der Waals surface area contributed by atoms with Gasteiger partial charge in [-0.1, -0.05) is 0 Å². The Labute approximate surface area is 201 Å². The number of fused-ring (bicyclic) bond motifs is 3. The van der Waals surface area contributed by atoms with E-state index in [1.54, 1.807) is 12.1 Å². The molecule has 2 fully saturated rings. The molecule has 3 heterocycles. The van der Waals surface area contributed by atoms with Gasteiger partial charge < -0.3 is 15.2 Å². The molecule has 0 saturated heterocycles. The Balaban J connectivity index is 1.17. The minimum absolute atomic E-state index is 0.0425. The van der Waals surface area contributed by atoms with Gasteiger partial charge in [-0.3, -0.25) is 4.79 Å². The number of carbonyl (C=O) groups is 1. The van der Waals surface area contributed by atoms with Crippen LogP contribution in [0, 0.1) is 12.7 Å². The van der Waals surface area contributed by atoms with E-state index >= 15 is 0 Å². The molecule has 1 aliphatic heterocycles. The number of hydrogen-bond acceptors (Lipinski definition) is 5. The smallest absolute Gasteiger partial charge is 0.251 e. The van der Waals surface area contributed by atoms with Crippen molar-refractivity contribution >= 4 is 17.4 Å². The maximum Gasteiger partial charge on any atom is 0.251 e. The largest absolute Gasteiger partial charge is 0.349 e. The Morgan fingerprint density at radius 3 is 2.86 bits per heavy atom. The summed E-state index contributed by atoms with van der Waals surface area (Å²) in [7, 11) is 0. The fraction of sp³-hybridized carbons (Fsp3) is 0.259. The second kappa shape index (κ2) is 7.46. The average molecular weight is 467 g/mol. The van der Waals surface area contributed by atoms with Crippen LogP contribution in [0.4, 0.5) is 15.9 Å². The van der Waals surface area contributed by atoms with Crippen molar-refractivity contribution in [3.8, 4) is 17.1 Å². The lowest BCUT2D eigenvalue weighted by molar-refractivity contribution is 0.0944. The summed E-state index contributed by atoms with van der Waals surface area (Å²) >= 11 is 0. The predicted octanol–water partition coefficient (Wildman–Crippen LogP) is 5.00. The normalized spacial score (nSPS) is 20.1. The number of amides is 1. The van der Waals surface area contributed by atoms with Crippen molar-refractivity contribution < 1.29 is 9.18 Å². The molecule has 0 radical (unpaired) electrons. The van der Waals surface area contributed by atoms with Crippen LogP contribution in [0.5, 0.6) is 0 Å². The zero-order valence-corrected chi connectivity index (χ0v) is 19.1. The van der Waals surface area contributed by atoms with E-state index in [0.29, 0.717) is 28.9 Å². The van der Waals surface area contributed by atoms with Crippen molar-refractivity contribution in [2.24, 2.45) is 0 Å². The number of rotatable bonds is 5. The van der Waals surface area contributed by atoms with Crippen LogP contribution in [-0.2, 0) is 0 Å². The molecule has 2 N–H and O–H groups in total. The number of imidazole rings is 1. The SMILES string of the molecule is Cc1cc(-c2ncc(F)c(Nc3ccc4c(c3)C3CC3NC4=O)n2)ccc1-n1cnc(C2CC2)c1. The van der Waals surface area contributed by atoms with Crippen molar-refractivity contribution in [1.29, 1.82) is 0 Å². The van der Waals surface area contributed by atoms with Crippen LogP contribution in [-0.4, -0.2) is 31.5 Å². The molecule has 2 aromatic carbocycles. The van der Waals surface area contributed by atoms with Gasteiger partial charge in [0.2, 0.25) is 0 Å². The molecule has 2 aromatic heterocycles. The minimum Gasteiger partial charge on any atom is -0.349 e. The number of aromatic nitrogens is 4. The number of nitrogens with zero attached hydrogens (tertiary/aromatic N) is 4. The molecule has 2 unspecified atom stereocenters. The molecule has 174 valence electrons. The number of anilines is 2. The van der Waals surface area contributed by atoms with E-state index in [9.17, 15) is 9.18 Å². The molecule has 7 nitrogen and oxygen atoms in total. The Kier molecular flexibility index (Phi) is 4.33. The van der Waals surface area contributed by atoms with Gasteiger partial charge in [0.05, 0.1) is 18.2 Å². The summed E-state index contributed by atoms with van der Waals surface area (Å²) in [5, 5.41) is 6.08. The van der Waals surface area contributed by atoms with Gasteiger partial charge in [0.25, 0.3) is 5.91 Å². The van der Waals surface area contributed by atoms with Gasteiger partial charge in [0, 0.05) is 46.6 Å². The fourth-order valence-corrected chi connectivity index (χ4v) is 4.97. The molecule has 2 atom stereocenters. The van der Waals surface area contributed by atoms with Gasteiger partial charge in [0.15, 0.2) is 17.5 Å². The molecule has 2 saturated carbocycles. The lowest BCUT2D eigenvalue weighted by atomic mass is 9.99. The summed E-state index contributed by atoms with van der Waals surface area (Å²) in [6.07, 6.45) is 8.53. The number of hydrogen-bond donors (Lipinski definition) is 2. The van der Waals surface area contributed by atoms with Crippen LogP contribution in [0.15, 0.2) is 55.1 Å². The third-order valence-electron chi connectivity index (χ3n) is 7.14. The quantitative estimate of drug-likeness (QED) is 0.433. The first-order valence-corrected chi connectivity index (χ1v) is 11.9. The Hall–Kier alpha value is -4.07. The van der Waals surface area contributed by atoms with Gasteiger partial charge in [-0.05, 0) is 73.7 Å². The third kappa shape index (κ3) is 3.56. The highest BCUT2D eigenvalue weighted by Gasteiger charge is 2.45. The van der Waals surface area contributed by atoms with Crippen LogP contribution in [0.25, 0.3) is 17.1 Å². The maximum absolute atomic E-state index is 14.6. The molecule has 3 aliphatic rings. The highest BCUT2D eigenvalue weighted by molar-refractivity contribution is 5.98. The van der Waals surface area contributed by atoms with Gasteiger partial charge >= 0.3 is 0 Å². The van der Waals surface area contributed by atoms with E-state index < -0.39 is 5.82 Å². The Morgan fingerprint density at radius 1 is 1.14 bits per heavy atom.